The van der Waals surface area contributed by atoms with Gasteiger partial charge in [-0.15, -0.1) is 0 Å². The van der Waals surface area contributed by atoms with Crippen molar-refractivity contribution >= 4 is 21.9 Å². The fraction of sp³-hybridized carbons (Fsp3) is 0.182. The second kappa shape index (κ2) is 3.97. The summed E-state index contributed by atoms with van der Waals surface area (Å²) in [6, 6.07) is 4.74. The van der Waals surface area contributed by atoms with E-state index in [9.17, 15) is 13.2 Å². The lowest BCUT2D eigenvalue weighted by atomic mass is 10.1. The van der Waals surface area contributed by atoms with E-state index in [-0.39, 0.29) is 9.80 Å². The fourth-order valence-electron chi connectivity index (χ4n) is 1.69. The number of fused-ring (bicyclic) bond motifs is 1. The summed E-state index contributed by atoms with van der Waals surface area (Å²) in [5.74, 6) is -0.851. The number of esters is 1. The molecule has 0 saturated heterocycles. The minimum atomic E-state index is -3.74. The third-order valence-corrected chi connectivity index (χ3v) is 4.38. The van der Waals surface area contributed by atoms with Crippen LogP contribution in [0.2, 0.25) is 0 Å². The lowest BCUT2D eigenvalue weighted by Crippen LogP contribution is -2.11. The van der Waals surface area contributed by atoms with Gasteiger partial charge < -0.3 is 10.5 Å². The van der Waals surface area contributed by atoms with Crippen LogP contribution in [0.5, 0.6) is 0 Å². The largest absolute Gasteiger partial charge is 0.465 e. The molecule has 0 bridgehead atoms. The molecule has 0 fully saturated rings. The Morgan fingerprint density at radius 2 is 2.12 bits per heavy atom. The van der Waals surface area contributed by atoms with Crippen LogP contribution in [0.3, 0.4) is 0 Å². The highest BCUT2D eigenvalue weighted by Crippen LogP contribution is 2.33. The molecule has 0 aliphatic carbocycles. The van der Waals surface area contributed by atoms with E-state index < -0.39 is 15.8 Å². The Hall–Kier alpha value is -1.66. The first kappa shape index (κ1) is 11.8. The molecule has 2 rings (SSSR count). The van der Waals surface area contributed by atoms with Crippen LogP contribution in [0.1, 0.15) is 11.1 Å². The van der Waals surface area contributed by atoms with Gasteiger partial charge in [0.05, 0.1) is 12.0 Å². The van der Waals surface area contributed by atoms with Gasteiger partial charge in [-0.3, -0.25) is 0 Å². The molecule has 1 aromatic carbocycles. The molecule has 90 valence electrons. The molecule has 6 heteroatoms. The Balaban J connectivity index is 2.61. The third kappa shape index (κ3) is 1.75. The van der Waals surface area contributed by atoms with Gasteiger partial charge in [0.25, 0.3) is 0 Å². The molecule has 17 heavy (non-hydrogen) atoms. The number of carbonyl (C=O) groups excluding carboxylic acids is 1. The molecule has 0 atom stereocenters. The second-order valence-corrected chi connectivity index (χ2v) is 5.47. The molecule has 0 unspecified atom stereocenters. The summed E-state index contributed by atoms with van der Waals surface area (Å²) in [5.41, 5.74) is 6.76. The number of carbonyl (C=O) groups is 1. The van der Waals surface area contributed by atoms with Gasteiger partial charge in [-0.2, -0.15) is 0 Å². The molecule has 1 aromatic rings. The molecule has 1 heterocycles. The van der Waals surface area contributed by atoms with E-state index in [0.717, 1.165) is 12.7 Å². The average Bonchev–Trinajstić information content (AvgIpc) is 2.59. The molecular weight excluding hydrogens is 242 g/mol. The van der Waals surface area contributed by atoms with Gasteiger partial charge in [0, 0.05) is 6.54 Å². The van der Waals surface area contributed by atoms with Crippen LogP contribution in [0.25, 0.3) is 6.08 Å². The molecule has 0 spiro atoms. The number of hydrogen-bond donors (Lipinski definition) is 1. The van der Waals surface area contributed by atoms with E-state index in [1.165, 1.54) is 12.1 Å². The summed E-state index contributed by atoms with van der Waals surface area (Å²) in [6.45, 7) is 0.314. The topological polar surface area (TPSA) is 86.5 Å². The first-order valence-electron chi connectivity index (χ1n) is 4.89. The Morgan fingerprint density at radius 1 is 1.41 bits per heavy atom. The van der Waals surface area contributed by atoms with Gasteiger partial charge in [-0.25, -0.2) is 13.2 Å². The van der Waals surface area contributed by atoms with Crippen LogP contribution in [-0.4, -0.2) is 21.5 Å². The van der Waals surface area contributed by atoms with Crippen LogP contribution in [-0.2, 0) is 25.9 Å². The van der Waals surface area contributed by atoms with Gasteiger partial charge in [0.15, 0.2) is 4.91 Å². The van der Waals surface area contributed by atoms with E-state index in [2.05, 4.69) is 4.74 Å². The van der Waals surface area contributed by atoms with Crippen molar-refractivity contribution in [3.8, 4) is 0 Å². The van der Waals surface area contributed by atoms with Gasteiger partial charge >= 0.3 is 5.97 Å². The molecule has 0 aromatic heterocycles. The van der Waals surface area contributed by atoms with Crippen molar-refractivity contribution in [2.75, 3.05) is 7.11 Å². The minimum absolute atomic E-state index is 0.120. The van der Waals surface area contributed by atoms with Crippen molar-refractivity contribution in [2.45, 2.75) is 11.4 Å². The van der Waals surface area contributed by atoms with Crippen LogP contribution in [0.4, 0.5) is 0 Å². The summed E-state index contributed by atoms with van der Waals surface area (Å²) < 4.78 is 28.4. The van der Waals surface area contributed by atoms with Crippen LogP contribution < -0.4 is 5.73 Å². The Labute approximate surface area is 98.8 Å². The van der Waals surface area contributed by atoms with Crippen LogP contribution in [0, 0.1) is 0 Å². The Morgan fingerprint density at radius 3 is 2.71 bits per heavy atom. The second-order valence-electron chi connectivity index (χ2n) is 3.58. The number of benzene rings is 1. The molecule has 0 saturated carbocycles. The summed E-state index contributed by atoms with van der Waals surface area (Å²) in [6.07, 6.45) is 1.32. The number of nitrogens with two attached hydrogens (primary N) is 1. The van der Waals surface area contributed by atoms with E-state index >= 15 is 0 Å². The molecular formula is C11H11NO4S. The van der Waals surface area contributed by atoms with E-state index in [1.807, 2.05) is 0 Å². The summed E-state index contributed by atoms with van der Waals surface area (Å²) in [7, 11) is -2.59. The Kier molecular flexibility index (Phi) is 2.76. The monoisotopic (exact) mass is 253 g/mol. The van der Waals surface area contributed by atoms with Crippen molar-refractivity contribution in [3.63, 3.8) is 0 Å². The Bertz CT molecular complexity index is 616. The highest BCUT2D eigenvalue weighted by molar-refractivity contribution is 7.96. The number of sulfone groups is 1. The lowest BCUT2D eigenvalue weighted by Gasteiger charge is -2.02. The van der Waals surface area contributed by atoms with Gasteiger partial charge in [-0.05, 0) is 29.3 Å². The first-order valence-corrected chi connectivity index (χ1v) is 6.37. The lowest BCUT2D eigenvalue weighted by molar-refractivity contribution is -0.135. The highest BCUT2D eigenvalue weighted by Gasteiger charge is 2.34. The molecule has 5 nitrogen and oxygen atoms in total. The zero-order valence-corrected chi connectivity index (χ0v) is 9.95. The summed E-state index contributed by atoms with van der Waals surface area (Å²) >= 11 is 0. The average molecular weight is 253 g/mol. The van der Waals surface area contributed by atoms with Gasteiger partial charge in [0.1, 0.15) is 0 Å². The van der Waals surface area contributed by atoms with E-state index in [0.29, 0.717) is 12.1 Å². The van der Waals surface area contributed by atoms with Crippen molar-refractivity contribution < 1.29 is 17.9 Å². The summed E-state index contributed by atoms with van der Waals surface area (Å²) in [4.78, 5) is 11.1. The predicted molar refractivity (Wildman–Crippen MR) is 61.5 cm³/mol. The fourth-order valence-corrected chi connectivity index (χ4v) is 3.19. The smallest absolute Gasteiger partial charge is 0.349 e. The van der Waals surface area contributed by atoms with Crippen molar-refractivity contribution in [1.29, 1.82) is 0 Å². The zero-order chi connectivity index (χ0) is 12.6. The number of hydrogen-bond acceptors (Lipinski definition) is 5. The first-order chi connectivity index (χ1) is 8.00. The maximum atomic E-state index is 12.0. The van der Waals surface area contributed by atoms with Gasteiger partial charge in [0.2, 0.25) is 9.84 Å². The number of rotatable bonds is 2. The number of ether oxygens (including phenoxy) is 1. The minimum Gasteiger partial charge on any atom is -0.465 e. The van der Waals surface area contributed by atoms with Crippen molar-refractivity contribution in [3.05, 3.63) is 34.2 Å². The molecule has 0 amide bonds. The predicted octanol–water partition coefficient (Wildman–Crippen LogP) is 0.447. The molecule has 1 aliphatic heterocycles. The highest BCUT2D eigenvalue weighted by atomic mass is 32.2. The van der Waals surface area contributed by atoms with Crippen LogP contribution in [0.15, 0.2) is 28.0 Å². The maximum absolute atomic E-state index is 12.0. The third-order valence-electron chi connectivity index (χ3n) is 2.56. The van der Waals surface area contributed by atoms with Crippen LogP contribution >= 0.6 is 0 Å². The zero-order valence-electron chi connectivity index (χ0n) is 9.14. The molecule has 1 aliphatic rings. The number of methoxy groups -OCH3 is 1. The molecule has 2 N–H and O–H groups in total. The van der Waals surface area contributed by atoms with E-state index in [1.54, 1.807) is 12.1 Å². The quantitative estimate of drug-likeness (QED) is 0.773. The normalized spacial score (nSPS) is 16.2. The molecule has 0 radical (unpaired) electrons. The SMILES string of the molecule is COC(=O)C1=Cc2cc(CN)ccc2S1(=O)=O. The standard InChI is InChI=1S/C11H11NO4S/c1-16-11(13)10-5-8-4-7(6-12)2-3-9(8)17(10,14)15/h2-5H,6,12H2,1H3. The van der Waals surface area contributed by atoms with Gasteiger partial charge in [-0.1, -0.05) is 6.07 Å². The maximum Gasteiger partial charge on any atom is 0.349 e. The van der Waals surface area contributed by atoms with Crippen molar-refractivity contribution in [1.82, 2.24) is 0 Å². The van der Waals surface area contributed by atoms with Crippen molar-refractivity contribution in [2.24, 2.45) is 5.73 Å². The summed E-state index contributed by atoms with van der Waals surface area (Å²) in [5, 5.41) is 0. The van der Waals surface area contributed by atoms with E-state index in [4.69, 9.17) is 5.73 Å².